The van der Waals surface area contributed by atoms with Gasteiger partial charge in [-0.1, -0.05) is 19.3 Å². The van der Waals surface area contributed by atoms with E-state index >= 15 is 0 Å². The Balaban J connectivity index is 1.97. The molecule has 1 saturated heterocycles. The molecular formula is C12H23NO. The van der Waals surface area contributed by atoms with Gasteiger partial charge in [0.05, 0.1) is 5.60 Å². The molecule has 2 nitrogen and oxygen atoms in total. The Morgan fingerprint density at radius 1 is 1.07 bits per heavy atom. The highest BCUT2D eigenvalue weighted by atomic mass is 16.3. The first-order valence-electron chi connectivity index (χ1n) is 6.14. The van der Waals surface area contributed by atoms with Crippen LogP contribution >= 0.6 is 0 Å². The normalized spacial score (nSPS) is 34.3. The summed E-state index contributed by atoms with van der Waals surface area (Å²) >= 11 is 0. The van der Waals surface area contributed by atoms with Gasteiger partial charge in [-0.15, -0.1) is 0 Å². The van der Waals surface area contributed by atoms with E-state index in [9.17, 15) is 5.11 Å². The summed E-state index contributed by atoms with van der Waals surface area (Å²) in [5, 5.41) is 14.0. The number of hydrogen-bond acceptors (Lipinski definition) is 2. The molecule has 2 atom stereocenters. The van der Waals surface area contributed by atoms with Crippen LogP contribution in [0.25, 0.3) is 0 Å². The first-order chi connectivity index (χ1) is 6.71. The number of aliphatic hydroxyl groups is 1. The van der Waals surface area contributed by atoms with Crippen molar-refractivity contribution in [1.29, 1.82) is 0 Å². The minimum atomic E-state index is -0.413. The Labute approximate surface area is 87.1 Å². The molecule has 0 spiro atoms. The van der Waals surface area contributed by atoms with Crippen LogP contribution in [0.15, 0.2) is 0 Å². The van der Waals surface area contributed by atoms with Gasteiger partial charge < -0.3 is 10.4 Å². The van der Waals surface area contributed by atoms with Gasteiger partial charge in [-0.2, -0.15) is 0 Å². The average molecular weight is 197 g/mol. The van der Waals surface area contributed by atoms with Crippen molar-refractivity contribution in [3.05, 3.63) is 0 Å². The molecule has 2 unspecified atom stereocenters. The lowest BCUT2D eigenvalue weighted by atomic mass is 9.71. The van der Waals surface area contributed by atoms with Gasteiger partial charge in [0, 0.05) is 12.5 Å². The van der Waals surface area contributed by atoms with Crippen LogP contribution in [0.3, 0.4) is 0 Å². The van der Waals surface area contributed by atoms with E-state index in [1.165, 1.54) is 32.1 Å². The summed E-state index contributed by atoms with van der Waals surface area (Å²) in [5.41, 5.74) is -0.413. The maximum atomic E-state index is 10.6. The average Bonchev–Trinajstić information content (AvgIpc) is 2.72. The van der Waals surface area contributed by atoms with Crippen molar-refractivity contribution in [2.75, 3.05) is 13.1 Å². The summed E-state index contributed by atoms with van der Waals surface area (Å²) in [6, 6.07) is 0. The number of nitrogens with one attached hydrogen (secondary N) is 1. The van der Waals surface area contributed by atoms with Crippen LogP contribution in [0.5, 0.6) is 0 Å². The SMILES string of the molecule is CC(O)(C1CCCCC1)C1CCNC1. The molecule has 1 aliphatic heterocycles. The Morgan fingerprint density at radius 2 is 1.79 bits per heavy atom. The fourth-order valence-corrected chi connectivity index (χ4v) is 3.17. The van der Waals surface area contributed by atoms with Crippen LogP contribution in [0.2, 0.25) is 0 Å². The Bertz CT molecular complexity index is 179. The van der Waals surface area contributed by atoms with E-state index in [4.69, 9.17) is 0 Å². The molecule has 1 heterocycles. The maximum absolute atomic E-state index is 10.6. The highest BCUT2D eigenvalue weighted by molar-refractivity contribution is 4.93. The molecule has 0 aromatic heterocycles. The monoisotopic (exact) mass is 197 g/mol. The van der Waals surface area contributed by atoms with Gasteiger partial charge in [-0.05, 0) is 38.6 Å². The van der Waals surface area contributed by atoms with Crippen molar-refractivity contribution in [1.82, 2.24) is 5.32 Å². The van der Waals surface area contributed by atoms with Crippen LogP contribution in [0.4, 0.5) is 0 Å². The van der Waals surface area contributed by atoms with Crippen molar-refractivity contribution in [3.8, 4) is 0 Å². The lowest BCUT2D eigenvalue weighted by Crippen LogP contribution is -2.44. The molecule has 2 heteroatoms. The zero-order valence-corrected chi connectivity index (χ0v) is 9.26. The van der Waals surface area contributed by atoms with Crippen LogP contribution in [-0.4, -0.2) is 23.8 Å². The standard InChI is InChI=1S/C12H23NO/c1-12(14,11-7-8-13-9-11)10-5-3-2-4-6-10/h10-11,13-14H,2-9H2,1H3. The van der Waals surface area contributed by atoms with Gasteiger partial charge in [-0.25, -0.2) is 0 Å². The zero-order chi connectivity index (χ0) is 10.0. The lowest BCUT2D eigenvalue weighted by Gasteiger charge is -2.39. The number of hydrogen-bond donors (Lipinski definition) is 2. The molecule has 1 saturated carbocycles. The smallest absolute Gasteiger partial charge is 0.0688 e. The van der Waals surface area contributed by atoms with Crippen LogP contribution in [0.1, 0.15) is 45.4 Å². The Morgan fingerprint density at radius 3 is 2.36 bits per heavy atom. The minimum Gasteiger partial charge on any atom is -0.390 e. The van der Waals surface area contributed by atoms with Gasteiger partial charge in [0.25, 0.3) is 0 Å². The first kappa shape index (κ1) is 10.4. The van der Waals surface area contributed by atoms with Crippen molar-refractivity contribution in [2.24, 2.45) is 11.8 Å². The third-order valence-electron chi connectivity index (χ3n) is 4.32. The van der Waals surface area contributed by atoms with Gasteiger partial charge in [0.2, 0.25) is 0 Å². The van der Waals surface area contributed by atoms with E-state index in [2.05, 4.69) is 12.2 Å². The van der Waals surface area contributed by atoms with E-state index in [0.717, 1.165) is 19.5 Å². The molecule has 2 fully saturated rings. The van der Waals surface area contributed by atoms with Crippen LogP contribution in [-0.2, 0) is 0 Å². The number of rotatable bonds is 2. The molecule has 0 bridgehead atoms. The summed E-state index contributed by atoms with van der Waals surface area (Å²) in [6.07, 6.45) is 7.65. The van der Waals surface area contributed by atoms with E-state index in [-0.39, 0.29) is 0 Å². The van der Waals surface area contributed by atoms with E-state index in [1.807, 2.05) is 0 Å². The first-order valence-corrected chi connectivity index (χ1v) is 6.14. The molecule has 82 valence electrons. The highest BCUT2D eigenvalue weighted by Crippen LogP contribution is 2.38. The maximum Gasteiger partial charge on any atom is 0.0688 e. The Hall–Kier alpha value is -0.0800. The van der Waals surface area contributed by atoms with Gasteiger partial charge in [-0.3, -0.25) is 0 Å². The molecule has 0 amide bonds. The zero-order valence-electron chi connectivity index (χ0n) is 9.26. The summed E-state index contributed by atoms with van der Waals surface area (Å²) in [7, 11) is 0. The minimum absolute atomic E-state index is 0.413. The molecule has 14 heavy (non-hydrogen) atoms. The second-order valence-corrected chi connectivity index (χ2v) is 5.25. The molecule has 2 aliphatic rings. The fraction of sp³-hybridized carbons (Fsp3) is 1.00. The van der Waals surface area contributed by atoms with Crippen LogP contribution < -0.4 is 5.32 Å². The quantitative estimate of drug-likeness (QED) is 0.709. The largest absolute Gasteiger partial charge is 0.390 e. The van der Waals surface area contributed by atoms with Crippen LogP contribution in [0, 0.1) is 11.8 Å². The summed E-state index contributed by atoms with van der Waals surface area (Å²) in [5.74, 6) is 1.05. The molecular weight excluding hydrogens is 174 g/mol. The predicted molar refractivity (Wildman–Crippen MR) is 58.2 cm³/mol. The molecule has 0 aromatic rings. The van der Waals surface area contributed by atoms with Gasteiger partial charge in [0.15, 0.2) is 0 Å². The second kappa shape index (κ2) is 4.19. The van der Waals surface area contributed by atoms with Crippen molar-refractivity contribution >= 4 is 0 Å². The third kappa shape index (κ3) is 1.96. The summed E-state index contributed by atoms with van der Waals surface area (Å²) in [6.45, 7) is 4.18. The van der Waals surface area contributed by atoms with E-state index in [0.29, 0.717) is 11.8 Å². The molecule has 2 rings (SSSR count). The van der Waals surface area contributed by atoms with Crippen molar-refractivity contribution < 1.29 is 5.11 Å². The van der Waals surface area contributed by atoms with Crippen molar-refractivity contribution in [2.45, 2.75) is 51.0 Å². The topological polar surface area (TPSA) is 32.3 Å². The molecule has 0 radical (unpaired) electrons. The highest BCUT2D eigenvalue weighted by Gasteiger charge is 2.40. The molecule has 1 aliphatic carbocycles. The van der Waals surface area contributed by atoms with E-state index < -0.39 is 5.60 Å². The third-order valence-corrected chi connectivity index (χ3v) is 4.32. The van der Waals surface area contributed by atoms with Crippen molar-refractivity contribution in [3.63, 3.8) is 0 Å². The summed E-state index contributed by atoms with van der Waals surface area (Å²) < 4.78 is 0. The van der Waals surface area contributed by atoms with Gasteiger partial charge >= 0.3 is 0 Å². The van der Waals surface area contributed by atoms with Gasteiger partial charge in [0.1, 0.15) is 0 Å². The fourth-order valence-electron chi connectivity index (χ4n) is 3.17. The lowest BCUT2D eigenvalue weighted by molar-refractivity contribution is -0.0595. The Kier molecular flexibility index (Phi) is 3.13. The predicted octanol–water partition coefficient (Wildman–Crippen LogP) is 1.93. The second-order valence-electron chi connectivity index (χ2n) is 5.25. The molecule has 0 aromatic carbocycles. The van der Waals surface area contributed by atoms with E-state index in [1.54, 1.807) is 0 Å². The molecule has 2 N–H and O–H groups in total. The summed E-state index contributed by atoms with van der Waals surface area (Å²) in [4.78, 5) is 0.